The quantitative estimate of drug-likeness (QED) is 0.623. The zero-order valence-electron chi connectivity index (χ0n) is 9.84. The molecule has 1 N–H and O–H groups in total. The van der Waals surface area contributed by atoms with Gasteiger partial charge < -0.3 is 9.84 Å². The maximum Gasteiger partial charge on any atom is 0.306 e. The molecule has 6 nitrogen and oxygen atoms in total. The van der Waals surface area contributed by atoms with Crippen molar-refractivity contribution in [1.82, 2.24) is 4.31 Å². The predicted molar refractivity (Wildman–Crippen MR) is 59.3 cm³/mol. The second kappa shape index (κ2) is 6.82. The summed E-state index contributed by atoms with van der Waals surface area (Å²) < 4.78 is 28.8. The number of aliphatic hydroxyl groups is 1. The highest BCUT2D eigenvalue weighted by Gasteiger charge is 2.20. The molecule has 0 spiro atoms. The van der Waals surface area contributed by atoms with Crippen LogP contribution in [-0.2, 0) is 19.6 Å². The molecule has 1 atom stereocenters. The van der Waals surface area contributed by atoms with Gasteiger partial charge >= 0.3 is 5.97 Å². The first-order valence-electron chi connectivity index (χ1n) is 5.07. The van der Waals surface area contributed by atoms with Crippen molar-refractivity contribution in [3.63, 3.8) is 0 Å². The highest BCUT2D eigenvalue weighted by atomic mass is 32.2. The van der Waals surface area contributed by atoms with Crippen LogP contribution in [0.1, 0.15) is 20.3 Å². The van der Waals surface area contributed by atoms with Crippen LogP contribution in [0.3, 0.4) is 0 Å². The van der Waals surface area contributed by atoms with E-state index >= 15 is 0 Å². The molecule has 0 aromatic rings. The largest absolute Gasteiger partial charge is 0.466 e. The van der Waals surface area contributed by atoms with Crippen molar-refractivity contribution in [2.75, 3.05) is 26.0 Å². The van der Waals surface area contributed by atoms with Crippen molar-refractivity contribution in [2.45, 2.75) is 26.4 Å². The monoisotopic (exact) mass is 253 g/mol. The van der Waals surface area contributed by atoms with Crippen molar-refractivity contribution < 1.29 is 23.1 Å². The summed E-state index contributed by atoms with van der Waals surface area (Å²) in [6, 6.07) is 0. The van der Waals surface area contributed by atoms with E-state index in [1.165, 1.54) is 14.0 Å². The van der Waals surface area contributed by atoms with E-state index in [9.17, 15) is 13.2 Å². The molecule has 0 fully saturated rings. The second-order valence-corrected chi connectivity index (χ2v) is 5.70. The average Bonchev–Trinajstić information content (AvgIpc) is 2.14. The molecule has 7 heteroatoms. The summed E-state index contributed by atoms with van der Waals surface area (Å²) >= 11 is 0. The standard InChI is InChI=1S/C9H19NO5S/c1-4-15-9(12)5-6-16(13,14)10(3)7-8(2)11/h8,11H,4-7H2,1-3H3. The van der Waals surface area contributed by atoms with Crippen LogP contribution in [0.2, 0.25) is 0 Å². The number of sulfonamides is 1. The Balaban J connectivity index is 4.19. The molecule has 0 aliphatic heterocycles. The minimum Gasteiger partial charge on any atom is -0.466 e. The van der Waals surface area contributed by atoms with Crippen LogP contribution in [0, 0.1) is 0 Å². The maximum absolute atomic E-state index is 11.6. The van der Waals surface area contributed by atoms with Gasteiger partial charge in [-0.05, 0) is 13.8 Å². The number of rotatable bonds is 7. The van der Waals surface area contributed by atoms with Crippen LogP contribution in [0.4, 0.5) is 0 Å². The summed E-state index contributed by atoms with van der Waals surface area (Å²) in [5, 5.41) is 9.05. The van der Waals surface area contributed by atoms with Gasteiger partial charge in [0.15, 0.2) is 0 Å². The third-order valence-electron chi connectivity index (χ3n) is 1.87. The first kappa shape index (κ1) is 15.3. The number of carbonyl (C=O) groups is 1. The molecular formula is C9H19NO5S. The number of aliphatic hydroxyl groups excluding tert-OH is 1. The third-order valence-corrected chi connectivity index (χ3v) is 3.68. The van der Waals surface area contributed by atoms with Crippen molar-refractivity contribution in [3.8, 4) is 0 Å². The van der Waals surface area contributed by atoms with Crippen LogP contribution in [0.15, 0.2) is 0 Å². The van der Waals surface area contributed by atoms with E-state index in [0.717, 1.165) is 4.31 Å². The molecule has 0 aromatic heterocycles. The lowest BCUT2D eigenvalue weighted by Crippen LogP contribution is -2.35. The van der Waals surface area contributed by atoms with Gasteiger partial charge in [-0.25, -0.2) is 12.7 Å². The molecular weight excluding hydrogens is 234 g/mol. The molecule has 0 aliphatic rings. The number of esters is 1. The Morgan fingerprint density at radius 1 is 1.50 bits per heavy atom. The highest BCUT2D eigenvalue weighted by Crippen LogP contribution is 2.02. The van der Waals surface area contributed by atoms with Crippen molar-refractivity contribution in [3.05, 3.63) is 0 Å². The molecule has 0 rings (SSSR count). The van der Waals surface area contributed by atoms with Gasteiger partial charge in [0, 0.05) is 13.6 Å². The van der Waals surface area contributed by atoms with E-state index in [1.807, 2.05) is 0 Å². The Morgan fingerprint density at radius 2 is 2.06 bits per heavy atom. The van der Waals surface area contributed by atoms with Gasteiger partial charge in [-0.3, -0.25) is 4.79 Å². The van der Waals surface area contributed by atoms with E-state index in [2.05, 4.69) is 4.74 Å². The topological polar surface area (TPSA) is 83.9 Å². The number of carbonyl (C=O) groups excluding carboxylic acids is 1. The first-order valence-corrected chi connectivity index (χ1v) is 6.68. The molecule has 0 saturated carbocycles. The highest BCUT2D eigenvalue weighted by molar-refractivity contribution is 7.89. The molecule has 0 radical (unpaired) electrons. The number of hydrogen-bond acceptors (Lipinski definition) is 5. The van der Waals surface area contributed by atoms with E-state index in [4.69, 9.17) is 5.11 Å². The third kappa shape index (κ3) is 6.04. The minimum absolute atomic E-state index is 0.0190. The number of likely N-dealkylation sites (N-methyl/N-ethyl adjacent to an activating group) is 1. The normalized spacial score (nSPS) is 13.8. The number of nitrogens with zero attached hydrogens (tertiary/aromatic N) is 1. The van der Waals surface area contributed by atoms with Crippen molar-refractivity contribution >= 4 is 16.0 Å². The molecule has 1 unspecified atom stereocenters. The Bertz CT molecular complexity index is 312. The minimum atomic E-state index is -3.50. The molecule has 0 aliphatic carbocycles. The summed E-state index contributed by atoms with van der Waals surface area (Å²) in [6.07, 6.45) is -0.900. The van der Waals surface area contributed by atoms with Gasteiger partial charge in [0.2, 0.25) is 10.0 Å². The van der Waals surface area contributed by atoms with Crippen LogP contribution in [0.5, 0.6) is 0 Å². The summed E-state index contributed by atoms with van der Waals surface area (Å²) in [5.41, 5.74) is 0. The Hall–Kier alpha value is -0.660. The van der Waals surface area contributed by atoms with Gasteiger partial charge in [0.1, 0.15) is 0 Å². The van der Waals surface area contributed by atoms with Gasteiger partial charge in [-0.2, -0.15) is 0 Å². The molecule has 0 amide bonds. The second-order valence-electron chi connectivity index (χ2n) is 3.50. The lowest BCUT2D eigenvalue weighted by atomic mass is 10.4. The smallest absolute Gasteiger partial charge is 0.306 e. The van der Waals surface area contributed by atoms with Crippen LogP contribution >= 0.6 is 0 Å². The average molecular weight is 253 g/mol. The van der Waals surface area contributed by atoms with Crippen molar-refractivity contribution in [2.24, 2.45) is 0 Å². The van der Waals surface area contributed by atoms with Gasteiger partial charge in [-0.15, -0.1) is 0 Å². The van der Waals surface area contributed by atoms with Crippen molar-refractivity contribution in [1.29, 1.82) is 0 Å². The molecule has 16 heavy (non-hydrogen) atoms. The Kier molecular flexibility index (Phi) is 6.54. The molecule has 0 aromatic carbocycles. The number of hydrogen-bond donors (Lipinski definition) is 1. The zero-order valence-corrected chi connectivity index (χ0v) is 10.7. The lowest BCUT2D eigenvalue weighted by Gasteiger charge is -2.18. The summed E-state index contributed by atoms with van der Waals surface area (Å²) in [4.78, 5) is 11.0. The van der Waals surface area contributed by atoms with Gasteiger partial charge in [0.25, 0.3) is 0 Å². The van der Waals surface area contributed by atoms with Crippen LogP contribution < -0.4 is 0 Å². The predicted octanol–water partition coefficient (Wildman–Crippen LogP) is -0.418. The molecule has 0 saturated heterocycles. The Labute approximate surface area is 96.2 Å². The molecule has 0 bridgehead atoms. The van der Waals surface area contributed by atoms with E-state index in [0.29, 0.717) is 0 Å². The first-order chi connectivity index (χ1) is 7.29. The summed E-state index contributed by atoms with van der Waals surface area (Å²) in [6.45, 7) is 3.41. The SMILES string of the molecule is CCOC(=O)CCS(=O)(=O)N(C)CC(C)O. The summed E-state index contributed by atoms with van der Waals surface area (Å²) in [5.74, 6) is -0.828. The van der Waals surface area contributed by atoms with Gasteiger partial charge in [-0.1, -0.05) is 0 Å². The fourth-order valence-corrected chi connectivity index (χ4v) is 2.27. The van der Waals surface area contributed by atoms with E-state index in [1.54, 1.807) is 6.92 Å². The number of ether oxygens (including phenoxy) is 1. The van der Waals surface area contributed by atoms with Crippen LogP contribution in [-0.4, -0.2) is 55.9 Å². The Morgan fingerprint density at radius 3 is 2.50 bits per heavy atom. The van der Waals surface area contributed by atoms with Gasteiger partial charge in [0.05, 0.1) is 24.9 Å². The molecule has 0 heterocycles. The van der Waals surface area contributed by atoms with E-state index < -0.39 is 22.1 Å². The van der Waals surface area contributed by atoms with Crippen LogP contribution in [0.25, 0.3) is 0 Å². The maximum atomic E-state index is 11.6. The molecule has 96 valence electrons. The summed E-state index contributed by atoms with van der Waals surface area (Å²) in [7, 11) is -2.13. The fourth-order valence-electron chi connectivity index (χ4n) is 1.09. The lowest BCUT2D eigenvalue weighted by molar-refractivity contribution is -0.142. The van der Waals surface area contributed by atoms with E-state index in [-0.39, 0.29) is 25.3 Å². The fraction of sp³-hybridized carbons (Fsp3) is 0.889. The zero-order chi connectivity index (χ0) is 12.8.